The number of alkyl halides is 2. The molecule has 2 N–H and O–H groups in total. The van der Waals surface area contributed by atoms with Gasteiger partial charge in [0.05, 0.1) is 29.5 Å². The molecule has 0 aliphatic carbocycles. The van der Waals surface area contributed by atoms with E-state index in [0.717, 1.165) is 5.69 Å². The van der Waals surface area contributed by atoms with Crippen LogP contribution in [0.1, 0.15) is 47.0 Å². The van der Waals surface area contributed by atoms with Gasteiger partial charge in [0.25, 0.3) is 12.3 Å². The SMILES string of the molecule is Cc1c(NC(=O)c2c(NC(=O)C(C)n3nc(C(F)F)cc3C)cnn2C)cnn1C. The van der Waals surface area contributed by atoms with Crippen LogP contribution in [0, 0.1) is 13.8 Å². The minimum Gasteiger partial charge on any atom is -0.321 e. The summed E-state index contributed by atoms with van der Waals surface area (Å²) in [5, 5.41) is 17.3. The number of nitrogens with one attached hydrogen (secondary N) is 2. The van der Waals surface area contributed by atoms with Gasteiger partial charge in [-0.05, 0) is 26.8 Å². The fourth-order valence-corrected chi connectivity index (χ4v) is 2.96. The lowest BCUT2D eigenvalue weighted by Crippen LogP contribution is -2.27. The molecule has 160 valence electrons. The highest BCUT2D eigenvalue weighted by molar-refractivity contribution is 6.09. The molecule has 0 spiro atoms. The second kappa shape index (κ2) is 8.05. The van der Waals surface area contributed by atoms with E-state index in [2.05, 4.69) is 25.9 Å². The van der Waals surface area contributed by atoms with Crippen LogP contribution in [0.4, 0.5) is 20.2 Å². The zero-order valence-corrected chi connectivity index (χ0v) is 17.1. The molecule has 3 aromatic rings. The van der Waals surface area contributed by atoms with Crippen LogP contribution in [0.3, 0.4) is 0 Å². The van der Waals surface area contributed by atoms with Crippen molar-refractivity contribution in [1.29, 1.82) is 0 Å². The molecule has 3 aromatic heterocycles. The van der Waals surface area contributed by atoms with Gasteiger partial charge in [0.15, 0.2) is 0 Å². The Morgan fingerprint density at radius 3 is 2.23 bits per heavy atom. The highest BCUT2D eigenvalue weighted by atomic mass is 19.3. The number of aromatic nitrogens is 6. The first-order chi connectivity index (χ1) is 14.1. The van der Waals surface area contributed by atoms with Crippen molar-refractivity contribution in [3.8, 4) is 0 Å². The molecule has 1 atom stereocenters. The van der Waals surface area contributed by atoms with Crippen molar-refractivity contribution in [2.45, 2.75) is 33.2 Å². The Bertz CT molecular complexity index is 1100. The van der Waals surface area contributed by atoms with Crippen molar-refractivity contribution < 1.29 is 18.4 Å². The zero-order valence-electron chi connectivity index (χ0n) is 17.1. The molecule has 0 aliphatic heterocycles. The molecule has 2 amide bonds. The van der Waals surface area contributed by atoms with Crippen molar-refractivity contribution in [2.75, 3.05) is 10.6 Å². The molecule has 0 saturated carbocycles. The normalized spacial score (nSPS) is 12.3. The standard InChI is InChI=1S/C18H22F2N8O2/c1-9-6-12(16(19)20)25-28(9)11(3)17(29)24-14-8-22-27(5)15(14)18(30)23-13-7-21-26(4)10(13)2/h6-8,11,16H,1-5H3,(H,23,30)(H,24,29). The van der Waals surface area contributed by atoms with E-state index in [0.29, 0.717) is 11.4 Å². The van der Waals surface area contributed by atoms with Crippen LogP contribution in [-0.4, -0.2) is 41.2 Å². The highest BCUT2D eigenvalue weighted by Gasteiger charge is 2.25. The first-order valence-electron chi connectivity index (χ1n) is 9.07. The second-order valence-electron chi connectivity index (χ2n) is 6.87. The lowest BCUT2D eigenvalue weighted by Gasteiger charge is -2.15. The van der Waals surface area contributed by atoms with E-state index in [1.54, 1.807) is 32.6 Å². The average molecular weight is 420 g/mol. The van der Waals surface area contributed by atoms with Gasteiger partial charge in [0.1, 0.15) is 17.4 Å². The molecule has 0 radical (unpaired) electrons. The van der Waals surface area contributed by atoms with E-state index in [1.807, 2.05) is 0 Å². The minimum absolute atomic E-state index is 0.129. The number of hydrogen-bond acceptors (Lipinski definition) is 5. The number of hydrogen-bond donors (Lipinski definition) is 2. The lowest BCUT2D eigenvalue weighted by atomic mass is 10.2. The van der Waals surface area contributed by atoms with Crippen LogP contribution in [0.5, 0.6) is 0 Å². The van der Waals surface area contributed by atoms with Gasteiger partial charge in [-0.1, -0.05) is 0 Å². The summed E-state index contributed by atoms with van der Waals surface area (Å²) in [6.45, 7) is 4.91. The summed E-state index contributed by atoms with van der Waals surface area (Å²) in [6, 6.07) is 0.349. The van der Waals surface area contributed by atoms with Crippen molar-refractivity contribution >= 4 is 23.2 Å². The minimum atomic E-state index is -2.73. The number of amides is 2. The molecular weight excluding hydrogens is 398 g/mol. The number of nitrogens with zero attached hydrogens (tertiary/aromatic N) is 6. The number of aryl methyl sites for hydroxylation is 3. The Balaban J connectivity index is 1.80. The molecule has 0 aliphatic rings. The van der Waals surface area contributed by atoms with Crippen molar-refractivity contribution in [2.24, 2.45) is 14.1 Å². The molecule has 0 fully saturated rings. The van der Waals surface area contributed by atoms with Crippen LogP contribution in [0.25, 0.3) is 0 Å². The summed E-state index contributed by atoms with van der Waals surface area (Å²) in [5.41, 5.74) is 1.62. The van der Waals surface area contributed by atoms with Gasteiger partial charge in [0, 0.05) is 19.8 Å². The van der Waals surface area contributed by atoms with E-state index >= 15 is 0 Å². The molecule has 12 heteroatoms. The lowest BCUT2D eigenvalue weighted by molar-refractivity contribution is -0.119. The Kier molecular flexibility index (Phi) is 5.67. The third-order valence-electron chi connectivity index (χ3n) is 4.81. The largest absolute Gasteiger partial charge is 0.321 e. The van der Waals surface area contributed by atoms with Gasteiger partial charge < -0.3 is 10.6 Å². The van der Waals surface area contributed by atoms with E-state index < -0.39 is 30.0 Å². The topological polar surface area (TPSA) is 112 Å². The molecule has 0 bridgehead atoms. The molecule has 3 rings (SSSR count). The predicted molar refractivity (Wildman–Crippen MR) is 104 cm³/mol. The third-order valence-corrected chi connectivity index (χ3v) is 4.81. The predicted octanol–water partition coefficient (Wildman–Crippen LogP) is 2.36. The molecule has 0 aromatic carbocycles. The smallest absolute Gasteiger partial charge is 0.282 e. The Morgan fingerprint density at radius 2 is 1.67 bits per heavy atom. The number of anilines is 2. The van der Waals surface area contributed by atoms with Crippen molar-refractivity contribution in [3.63, 3.8) is 0 Å². The Labute approximate surface area is 170 Å². The Morgan fingerprint density at radius 1 is 1.03 bits per heavy atom. The van der Waals surface area contributed by atoms with Crippen molar-refractivity contribution in [1.82, 2.24) is 29.3 Å². The molecular formula is C18H22F2N8O2. The van der Waals surface area contributed by atoms with E-state index in [9.17, 15) is 18.4 Å². The molecule has 0 saturated heterocycles. The second-order valence-corrected chi connectivity index (χ2v) is 6.87. The fraction of sp³-hybridized carbons (Fsp3) is 0.389. The van der Waals surface area contributed by atoms with E-state index in [1.165, 1.54) is 34.7 Å². The zero-order chi connectivity index (χ0) is 22.2. The van der Waals surface area contributed by atoms with Crippen molar-refractivity contribution in [3.05, 3.63) is 41.2 Å². The maximum atomic E-state index is 12.9. The van der Waals surface area contributed by atoms with Crippen LogP contribution < -0.4 is 10.6 Å². The summed E-state index contributed by atoms with van der Waals surface area (Å²) < 4.78 is 29.9. The van der Waals surface area contributed by atoms with Crippen LogP contribution in [-0.2, 0) is 18.9 Å². The maximum Gasteiger partial charge on any atom is 0.282 e. The number of carbonyl (C=O) groups excluding carboxylic acids is 2. The van der Waals surface area contributed by atoms with Gasteiger partial charge >= 0.3 is 0 Å². The first kappa shape index (κ1) is 21.1. The number of halogens is 2. The molecule has 10 nitrogen and oxygen atoms in total. The molecule has 3 heterocycles. The monoisotopic (exact) mass is 420 g/mol. The highest BCUT2D eigenvalue weighted by Crippen LogP contribution is 2.23. The van der Waals surface area contributed by atoms with Gasteiger partial charge in [-0.15, -0.1) is 0 Å². The van der Waals surface area contributed by atoms with Gasteiger partial charge in [0.2, 0.25) is 5.91 Å². The quantitative estimate of drug-likeness (QED) is 0.636. The summed E-state index contributed by atoms with van der Waals surface area (Å²) in [7, 11) is 3.31. The van der Waals surface area contributed by atoms with E-state index in [-0.39, 0.29) is 11.4 Å². The first-order valence-corrected chi connectivity index (χ1v) is 9.07. The number of carbonyl (C=O) groups is 2. The third kappa shape index (κ3) is 3.93. The summed E-state index contributed by atoms with van der Waals surface area (Å²) in [6.07, 6.45) is 0.131. The maximum absolute atomic E-state index is 12.9. The van der Waals surface area contributed by atoms with Crippen LogP contribution in [0.2, 0.25) is 0 Å². The fourth-order valence-electron chi connectivity index (χ4n) is 2.96. The molecule has 1 unspecified atom stereocenters. The summed E-state index contributed by atoms with van der Waals surface area (Å²) in [5.74, 6) is -1.01. The van der Waals surface area contributed by atoms with Crippen LogP contribution >= 0.6 is 0 Å². The van der Waals surface area contributed by atoms with E-state index in [4.69, 9.17) is 0 Å². The van der Waals surface area contributed by atoms with Gasteiger partial charge in [-0.25, -0.2) is 8.78 Å². The van der Waals surface area contributed by atoms with Gasteiger partial charge in [-0.2, -0.15) is 15.3 Å². The number of rotatable bonds is 6. The molecule has 30 heavy (non-hydrogen) atoms. The van der Waals surface area contributed by atoms with Gasteiger partial charge in [-0.3, -0.25) is 23.6 Å². The van der Waals surface area contributed by atoms with Crippen LogP contribution in [0.15, 0.2) is 18.5 Å². The average Bonchev–Trinajstić information content (AvgIpc) is 3.34. The summed E-state index contributed by atoms with van der Waals surface area (Å²) >= 11 is 0. The summed E-state index contributed by atoms with van der Waals surface area (Å²) in [4.78, 5) is 25.5. The Hall–Kier alpha value is -3.57.